The topological polar surface area (TPSA) is 62.8 Å². The Kier molecular flexibility index (Phi) is 6.62. The van der Waals surface area contributed by atoms with E-state index in [1.54, 1.807) is 0 Å². The molecule has 1 aromatic heterocycles. The SMILES string of the molecule is Br.Br.N=C(N)Sc1ccc2ccccc2n1. The van der Waals surface area contributed by atoms with E-state index in [4.69, 9.17) is 11.1 Å². The minimum Gasteiger partial charge on any atom is -0.378 e. The van der Waals surface area contributed by atoms with Crippen LogP contribution in [-0.4, -0.2) is 10.2 Å². The van der Waals surface area contributed by atoms with Crippen LogP contribution in [0.3, 0.4) is 0 Å². The Morgan fingerprint density at radius 2 is 1.81 bits per heavy atom. The number of nitrogens with zero attached hydrogens (tertiary/aromatic N) is 1. The van der Waals surface area contributed by atoms with Crippen molar-refractivity contribution in [2.45, 2.75) is 5.03 Å². The van der Waals surface area contributed by atoms with Crippen LogP contribution in [0.15, 0.2) is 41.4 Å². The van der Waals surface area contributed by atoms with Gasteiger partial charge in [0.05, 0.1) is 5.52 Å². The van der Waals surface area contributed by atoms with Crippen LogP contribution in [0.1, 0.15) is 0 Å². The molecule has 0 radical (unpaired) electrons. The number of hydrogen-bond donors (Lipinski definition) is 2. The van der Waals surface area contributed by atoms with Crippen molar-refractivity contribution in [2.75, 3.05) is 0 Å². The Hall–Kier alpha value is -0.590. The lowest BCUT2D eigenvalue weighted by Crippen LogP contribution is -2.03. The molecule has 0 unspecified atom stereocenters. The summed E-state index contributed by atoms with van der Waals surface area (Å²) in [4.78, 5) is 4.36. The molecule has 0 bridgehead atoms. The lowest BCUT2D eigenvalue weighted by molar-refractivity contribution is 1.20. The van der Waals surface area contributed by atoms with Gasteiger partial charge in [-0.05, 0) is 23.9 Å². The van der Waals surface area contributed by atoms with Crippen LogP contribution in [0, 0.1) is 5.41 Å². The molecule has 0 fully saturated rings. The minimum atomic E-state index is 0. The molecule has 2 rings (SSSR count). The summed E-state index contributed by atoms with van der Waals surface area (Å²) in [6.45, 7) is 0. The third kappa shape index (κ3) is 3.77. The molecule has 86 valence electrons. The van der Waals surface area contributed by atoms with Gasteiger partial charge >= 0.3 is 0 Å². The first kappa shape index (κ1) is 15.4. The second-order valence-electron chi connectivity index (χ2n) is 2.81. The number of nitrogens with one attached hydrogen (secondary N) is 1. The van der Waals surface area contributed by atoms with E-state index in [0.29, 0.717) is 0 Å². The molecule has 0 atom stereocenters. The molecule has 2 aromatic rings. The molecule has 3 nitrogen and oxygen atoms in total. The molecule has 1 heterocycles. The Morgan fingerprint density at radius 3 is 2.50 bits per heavy atom. The van der Waals surface area contributed by atoms with Crippen molar-refractivity contribution in [2.24, 2.45) is 5.73 Å². The van der Waals surface area contributed by atoms with Crippen molar-refractivity contribution in [3.05, 3.63) is 36.4 Å². The number of hydrogen-bond acceptors (Lipinski definition) is 3. The summed E-state index contributed by atoms with van der Waals surface area (Å²) in [5.41, 5.74) is 6.20. The Bertz CT molecular complexity index is 490. The number of thioether (sulfide) groups is 1. The molecule has 0 spiro atoms. The maximum Gasteiger partial charge on any atom is 0.157 e. The number of benzene rings is 1. The quantitative estimate of drug-likeness (QED) is 0.463. The molecule has 6 heteroatoms. The summed E-state index contributed by atoms with van der Waals surface area (Å²) in [6, 6.07) is 11.7. The van der Waals surface area contributed by atoms with Gasteiger partial charge in [0.25, 0.3) is 0 Å². The van der Waals surface area contributed by atoms with Crippen molar-refractivity contribution in [3.63, 3.8) is 0 Å². The number of pyridine rings is 1. The predicted octanol–water partition coefficient (Wildman–Crippen LogP) is 3.38. The molecular weight excluding hydrogens is 354 g/mol. The smallest absolute Gasteiger partial charge is 0.157 e. The maximum atomic E-state index is 7.14. The third-order valence-electron chi connectivity index (χ3n) is 1.79. The molecular formula is C10H11Br2N3S. The number of para-hydroxylation sites is 1. The van der Waals surface area contributed by atoms with Gasteiger partial charge in [0.1, 0.15) is 5.03 Å². The van der Waals surface area contributed by atoms with E-state index in [1.165, 1.54) is 0 Å². The fraction of sp³-hybridized carbons (Fsp3) is 0. The summed E-state index contributed by atoms with van der Waals surface area (Å²) in [7, 11) is 0. The molecule has 0 aliphatic carbocycles. The van der Waals surface area contributed by atoms with E-state index in [-0.39, 0.29) is 39.1 Å². The molecule has 3 N–H and O–H groups in total. The van der Waals surface area contributed by atoms with Crippen LogP contribution < -0.4 is 5.73 Å². The van der Waals surface area contributed by atoms with Gasteiger partial charge in [0.15, 0.2) is 5.17 Å². The second kappa shape index (κ2) is 6.88. The monoisotopic (exact) mass is 363 g/mol. The molecule has 0 saturated heterocycles. The van der Waals surface area contributed by atoms with Crippen LogP contribution in [-0.2, 0) is 0 Å². The van der Waals surface area contributed by atoms with Crippen molar-refractivity contribution < 1.29 is 0 Å². The Labute approximate surface area is 119 Å². The number of amidine groups is 1. The van der Waals surface area contributed by atoms with E-state index in [1.807, 2.05) is 36.4 Å². The highest BCUT2D eigenvalue weighted by molar-refractivity contribution is 8.93. The van der Waals surface area contributed by atoms with Gasteiger partial charge in [-0.2, -0.15) is 0 Å². The zero-order valence-electron chi connectivity index (χ0n) is 8.21. The molecule has 16 heavy (non-hydrogen) atoms. The van der Waals surface area contributed by atoms with Crippen molar-refractivity contribution >= 4 is 61.8 Å². The molecule has 0 aliphatic heterocycles. The van der Waals surface area contributed by atoms with Crippen molar-refractivity contribution in [1.29, 1.82) is 5.41 Å². The van der Waals surface area contributed by atoms with Crippen LogP contribution in [0.5, 0.6) is 0 Å². The van der Waals surface area contributed by atoms with Crippen molar-refractivity contribution in [3.8, 4) is 0 Å². The molecule has 0 saturated carbocycles. The van der Waals surface area contributed by atoms with Gasteiger partial charge in [-0.3, -0.25) is 5.41 Å². The Balaban J connectivity index is 0.00000112. The number of fused-ring (bicyclic) bond motifs is 1. The third-order valence-corrected chi connectivity index (χ3v) is 2.44. The fourth-order valence-corrected chi connectivity index (χ4v) is 1.72. The van der Waals surface area contributed by atoms with E-state index in [0.717, 1.165) is 27.7 Å². The fourth-order valence-electron chi connectivity index (χ4n) is 1.22. The van der Waals surface area contributed by atoms with Crippen LogP contribution >= 0.6 is 45.7 Å². The first-order valence-corrected chi connectivity index (χ1v) is 4.95. The average Bonchev–Trinajstić information content (AvgIpc) is 2.17. The number of nitrogens with two attached hydrogens (primary N) is 1. The summed E-state index contributed by atoms with van der Waals surface area (Å²) in [5.74, 6) is 0. The van der Waals surface area contributed by atoms with Gasteiger partial charge in [0.2, 0.25) is 0 Å². The zero-order valence-corrected chi connectivity index (χ0v) is 12.5. The first-order valence-electron chi connectivity index (χ1n) is 4.13. The van der Waals surface area contributed by atoms with Gasteiger partial charge < -0.3 is 5.73 Å². The minimum absolute atomic E-state index is 0. The second-order valence-corrected chi connectivity index (χ2v) is 3.87. The lowest BCUT2D eigenvalue weighted by atomic mass is 10.2. The van der Waals surface area contributed by atoms with Gasteiger partial charge in [0, 0.05) is 5.39 Å². The van der Waals surface area contributed by atoms with E-state index in [2.05, 4.69) is 4.98 Å². The molecule has 1 aromatic carbocycles. The predicted molar refractivity (Wildman–Crippen MR) is 80.2 cm³/mol. The van der Waals surface area contributed by atoms with Gasteiger partial charge in [-0.25, -0.2) is 4.98 Å². The molecule has 0 amide bonds. The zero-order chi connectivity index (χ0) is 9.97. The summed E-state index contributed by atoms with van der Waals surface area (Å²) < 4.78 is 0. The standard InChI is InChI=1S/C10H9N3S.2BrH/c11-10(12)14-9-6-5-7-3-1-2-4-8(7)13-9;;/h1-6H,(H3,11,12);2*1H. The first-order chi connectivity index (χ1) is 6.75. The molecule has 0 aliphatic rings. The van der Waals surface area contributed by atoms with Crippen LogP contribution in [0.4, 0.5) is 0 Å². The van der Waals surface area contributed by atoms with E-state index < -0.39 is 0 Å². The number of aromatic nitrogens is 1. The highest BCUT2D eigenvalue weighted by atomic mass is 79.9. The summed E-state index contributed by atoms with van der Waals surface area (Å²) >= 11 is 1.16. The van der Waals surface area contributed by atoms with Crippen molar-refractivity contribution in [1.82, 2.24) is 4.98 Å². The normalized spacial score (nSPS) is 9.00. The van der Waals surface area contributed by atoms with Crippen LogP contribution in [0.25, 0.3) is 10.9 Å². The Morgan fingerprint density at radius 1 is 1.12 bits per heavy atom. The van der Waals surface area contributed by atoms with Crippen LogP contribution in [0.2, 0.25) is 0 Å². The summed E-state index contributed by atoms with van der Waals surface area (Å²) in [6.07, 6.45) is 0. The highest BCUT2D eigenvalue weighted by Gasteiger charge is 1.99. The average molecular weight is 365 g/mol. The number of halogens is 2. The lowest BCUT2D eigenvalue weighted by Gasteiger charge is -2.00. The van der Waals surface area contributed by atoms with Gasteiger partial charge in [-0.1, -0.05) is 24.3 Å². The largest absolute Gasteiger partial charge is 0.378 e. The highest BCUT2D eigenvalue weighted by Crippen LogP contribution is 2.18. The van der Waals surface area contributed by atoms with E-state index in [9.17, 15) is 0 Å². The number of rotatable bonds is 1. The summed E-state index contributed by atoms with van der Waals surface area (Å²) in [5, 5.41) is 9.06. The maximum absolute atomic E-state index is 7.14. The van der Waals surface area contributed by atoms with E-state index >= 15 is 0 Å². The van der Waals surface area contributed by atoms with Gasteiger partial charge in [-0.15, -0.1) is 34.0 Å².